The van der Waals surface area contributed by atoms with Gasteiger partial charge in [0.15, 0.2) is 0 Å². The molecule has 1 aromatic carbocycles. The van der Waals surface area contributed by atoms with Crippen molar-refractivity contribution < 1.29 is 41.7 Å². The number of carbonyl (C=O) groups is 2. The van der Waals surface area contributed by atoms with Gasteiger partial charge in [-0.25, -0.2) is 9.59 Å². The molecule has 0 aliphatic carbocycles. The summed E-state index contributed by atoms with van der Waals surface area (Å²) < 4.78 is 60.5. The summed E-state index contributed by atoms with van der Waals surface area (Å²) in [6.07, 6.45) is -5.69. The Balaban J connectivity index is 2.56. The van der Waals surface area contributed by atoms with Crippen molar-refractivity contribution in [2.75, 3.05) is 13.2 Å². The van der Waals surface area contributed by atoms with Crippen LogP contribution in [0.25, 0.3) is 0 Å². The fraction of sp³-hybridized carbons (Fsp3) is 0.368. The number of alkyl halides is 3. The van der Waals surface area contributed by atoms with Crippen molar-refractivity contribution in [1.29, 1.82) is 0 Å². The average molecular weight is 415 g/mol. The zero-order valence-corrected chi connectivity index (χ0v) is 16.0. The second-order valence-electron chi connectivity index (χ2n) is 5.77. The molecule has 1 heterocycles. The molecule has 1 aliphatic rings. The molecule has 1 atom stereocenters. The number of hydrogen-bond donors (Lipinski definition) is 1. The van der Waals surface area contributed by atoms with E-state index in [1.54, 1.807) is 13.8 Å². The Kier molecular flexibility index (Phi) is 7.13. The quantitative estimate of drug-likeness (QED) is 0.691. The molecule has 158 valence electrons. The predicted molar refractivity (Wildman–Crippen MR) is 94.3 cm³/mol. The summed E-state index contributed by atoms with van der Waals surface area (Å²) in [4.78, 5) is 23.7. The zero-order chi connectivity index (χ0) is 21.6. The monoisotopic (exact) mass is 415 g/mol. The van der Waals surface area contributed by atoms with Crippen molar-refractivity contribution in [3.05, 3.63) is 58.8 Å². The van der Waals surface area contributed by atoms with Gasteiger partial charge in [-0.3, -0.25) is 0 Å². The third kappa shape index (κ3) is 5.43. The molecule has 29 heavy (non-hydrogen) atoms. The average Bonchev–Trinajstić information content (AvgIpc) is 2.64. The van der Waals surface area contributed by atoms with Crippen molar-refractivity contribution in [3.8, 4) is 0 Å². The van der Waals surface area contributed by atoms with E-state index < -0.39 is 30.0 Å². The molecule has 1 aliphatic heterocycles. The smallest absolute Gasteiger partial charge is 0.434 e. The summed E-state index contributed by atoms with van der Waals surface area (Å²) in [7, 11) is 0. The van der Waals surface area contributed by atoms with E-state index >= 15 is 0 Å². The van der Waals surface area contributed by atoms with E-state index in [0.717, 1.165) is 6.07 Å². The molecule has 0 fully saturated rings. The van der Waals surface area contributed by atoms with Crippen LogP contribution in [0.15, 0.2) is 47.7 Å². The summed E-state index contributed by atoms with van der Waals surface area (Å²) in [5.74, 6) is -1.77. The lowest BCUT2D eigenvalue weighted by Crippen LogP contribution is -2.27. The van der Waals surface area contributed by atoms with Crippen LogP contribution in [0.4, 0.5) is 22.8 Å². The highest BCUT2D eigenvalue weighted by molar-refractivity contribution is 5.65. The number of hydrogen-bond acceptors (Lipinski definition) is 7. The number of halogens is 3. The summed E-state index contributed by atoms with van der Waals surface area (Å²) in [6.45, 7) is 4.60. The molecule has 0 saturated heterocycles. The molecule has 0 radical (unpaired) electrons. The Hall–Kier alpha value is -3.17. The standard InChI is InChI=1S/C19H20F3NO6/c1-4-26-17(24)28-14-10-23-11(3)16(29-18(25)27-5-2)15(14)12-8-6-7-9-13(12)19(20,21)22/h6-10,15,23H,4-5H2,1-3H3. The Morgan fingerprint density at radius 2 is 1.62 bits per heavy atom. The molecular formula is C19H20F3NO6. The van der Waals surface area contributed by atoms with Gasteiger partial charge in [-0.05, 0) is 32.4 Å². The van der Waals surface area contributed by atoms with E-state index in [9.17, 15) is 22.8 Å². The van der Waals surface area contributed by atoms with Crippen LogP contribution in [0.5, 0.6) is 0 Å². The van der Waals surface area contributed by atoms with Crippen LogP contribution in [0.2, 0.25) is 0 Å². The molecular weight excluding hydrogens is 395 g/mol. The fourth-order valence-corrected chi connectivity index (χ4v) is 2.69. The molecule has 1 unspecified atom stereocenters. The summed E-state index contributed by atoms with van der Waals surface area (Å²) in [5, 5.41) is 2.71. The molecule has 0 bridgehead atoms. The summed E-state index contributed by atoms with van der Waals surface area (Å²) in [5.41, 5.74) is -0.991. The number of carbonyl (C=O) groups excluding carboxylic acids is 2. The van der Waals surface area contributed by atoms with Crippen LogP contribution in [0, 0.1) is 0 Å². The first-order valence-electron chi connectivity index (χ1n) is 8.71. The second kappa shape index (κ2) is 9.35. The van der Waals surface area contributed by atoms with Crippen LogP contribution < -0.4 is 5.32 Å². The van der Waals surface area contributed by atoms with E-state index in [0.29, 0.717) is 0 Å². The van der Waals surface area contributed by atoms with Gasteiger partial charge in [-0.15, -0.1) is 0 Å². The number of benzene rings is 1. The first kappa shape index (κ1) is 22.1. The lowest BCUT2D eigenvalue weighted by Gasteiger charge is -2.29. The number of ether oxygens (including phenoxy) is 4. The minimum absolute atomic E-state index is 0.00436. The maximum Gasteiger partial charge on any atom is 0.513 e. The maximum absolute atomic E-state index is 13.6. The first-order chi connectivity index (χ1) is 13.7. The van der Waals surface area contributed by atoms with Gasteiger partial charge in [0.1, 0.15) is 17.4 Å². The van der Waals surface area contributed by atoms with Gasteiger partial charge in [-0.1, -0.05) is 18.2 Å². The van der Waals surface area contributed by atoms with Crippen molar-refractivity contribution in [2.24, 2.45) is 0 Å². The number of dihydropyridines is 1. The molecule has 0 amide bonds. The lowest BCUT2D eigenvalue weighted by atomic mass is 9.88. The summed E-state index contributed by atoms with van der Waals surface area (Å²) >= 11 is 0. The lowest BCUT2D eigenvalue weighted by molar-refractivity contribution is -0.138. The number of rotatable bonds is 5. The zero-order valence-electron chi connectivity index (χ0n) is 16.0. The minimum atomic E-state index is -4.69. The van der Waals surface area contributed by atoms with Crippen LogP contribution in [0.1, 0.15) is 37.8 Å². The topological polar surface area (TPSA) is 83.1 Å². The number of allylic oxidation sites excluding steroid dienone is 1. The largest absolute Gasteiger partial charge is 0.513 e. The van der Waals surface area contributed by atoms with E-state index in [1.807, 2.05) is 0 Å². The Morgan fingerprint density at radius 1 is 1.03 bits per heavy atom. The molecule has 10 heteroatoms. The molecule has 0 aromatic heterocycles. The van der Waals surface area contributed by atoms with E-state index in [4.69, 9.17) is 18.9 Å². The van der Waals surface area contributed by atoms with Crippen molar-refractivity contribution in [3.63, 3.8) is 0 Å². The minimum Gasteiger partial charge on any atom is -0.434 e. The Morgan fingerprint density at radius 3 is 2.21 bits per heavy atom. The predicted octanol–water partition coefficient (Wildman–Crippen LogP) is 4.81. The van der Waals surface area contributed by atoms with Crippen molar-refractivity contribution >= 4 is 12.3 Å². The second-order valence-corrected chi connectivity index (χ2v) is 5.77. The van der Waals surface area contributed by atoms with Gasteiger partial charge in [0.05, 0.1) is 24.5 Å². The van der Waals surface area contributed by atoms with Crippen LogP contribution in [0.3, 0.4) is 0 Å². The maximum atomic E-state index is 13.6. The van der Waals surface area contributed by atoms with Gasteiger partial charge < -0.3 is 24.3 Å². The molecule has 2 rings (SSSR count). The van der Waals surface area contributed by atoms with Gasteiger partial charge in [0, 0.05) is 6.20 Å². The van der Waals surface area contributed by atoms with Gasteiger partial charge in [0.25, 0.3) is 0 Å². The van der Waals surface area contributed by atoms with Crippen molar-refractivity contribution in [1.82, 2.24) is 5.32 Å². The highest BCUT2D eigenvalue weighted by Gasteiger charge is 2.40. The van der Waals surface area contributed by atoms with Crippen molar-refractivity contribution in [2.45, 2.75) is 32.9 Å². The molecule has 7 nitrogen and oxygen atoms in total. The molecule has 0 saturated carbocycles. The van der Waals surface area contributed by atoms with Crippen LogP contribution >= 0.6 is 0 Å². The third-order valence-electron chi connectivity index (χ3n) is 3.84. The number of nitrogens with one attached hydrogen (secondary N) is 1. The van der Waals surface area contributed by atoms with Crippen LogP contribution in [-0.2, 0) is 25.1 Å². The molecule has 1 aromatic rings. The fourth-order valence-electron chi connectivity index (χ4n) is 2.69. The third-order valence-corrected chi connectivity index (χ3v) is 3.84. The van der Waals surface area contributed by atoms with Crippen LogP contribution in [-0.4, -0.2) is 25.5 Å². The summed E-state index contributed by atoms with van der Waals surface area (Å²) in [6, 6.07) is 4.72. The van der Waals surface area contributed by atoms with Gasteiger partial charge in [-0.2, -0.15) is 13.2 Å². The van der Waals surface area contributed by atoms with E-state index in [-0.39, 0.29) is 36.0 Å². The van der Waals surface area contributed by atoms with E-state index in [1.165, 1.54) is 31.3 Å². The molecule has 1 N–H and O–H groups in total. The molecule has 0 spiro atoms. The highest BCUT2D eigenvalue weighted by atomic mass is 19.4. The van der Waals surface area contributed by atoms with Gasteiger partial charge in [0.2, 0.25) is 0 Å². The normalized spacial score (nSPS) is 16.5. The first-order valence-corrected chi connectivity index (χ1v) is 8.71. The Bertz CT molecular complexity index is 831. The highest BCUT2D eigenvalue weighted by Crippen LogP contribution is 2.43. The van der Waals surface area contributed by atoms with E-state index in [2.05, 4.69) is 5.32 Å². The SMILES string of the molecule is CCOC(=O)OC1=CNC(C)=C(OC(=O)OCC)C1c1ccccc1C(F)(F)F. The Labute approximate surface area is 165 Å². The van der Waals surface area contributed by atoms with Gasteiger partial charge >= 0.3 is 18.5 Å².